The maximum absolute atomic E-state index is 11.9. The van der Waals surface area contributed by atoms with Gasteiger partial charge in [0, 0.05) is 26.8 Å². The zero-order valence-corrected chi connectivity index (χ0v) is 12.5. The Morgan fingerprint density at radius 3 is 2.71 bits per heavy atom. The number of benzene rings is 1. The summed E-state index contributed by atoms with van der Waals surface area (Å²) >= 11 is 0. The number of hydrogen-bond donors (Lipinski definition) is 2. The zero-order chi connectivity index (χ0) is 15.1. The number of carbonyl (C=O) groups excluding carboxylic acids is 1. The van der Waals surface area contributed by atoms with Crippen LogP contribution < -0.4 is 5.32 Å². The third-order valence-electron chi connectivity index (χ3n) is 3.82. The molecular formula is C16H24N2O3. The fourth-order valence-corrected chi connectivity index (χ4v) is 2.59. The lowest BCUT2D eigenvalue weighted by Gasteiger charge is -2.15. The van der Waals surface area contributed by atoms with Gasteiger partial charge in [0.25, 0.3) is 0 Å². The molecule has 1 fully saturated rings. The summed E-state index contributed by atoms with van der Waals surface area (Å²) < 4.78 is 5.07. The maximum Gasteiger partial charge on any atom is 0.234 e. The molecule has 2 rings (SSSR count). The number of amides is 1. The molecule has 1 atom stereocenters. The van der Waals surface area contributed by atoms with E-state index in [4.69, 9.17) is 9.84 Å². The van der Waals surface area contributed by atoms with E-state index >= 15 is 0 Å². The van der Waals surface area contributed by atoms with Crippen molar-refractivity contribution in [1.29, 1.82) is 0 Å². The second-order valence-corrected chi connectivity index (χ2v) is 5.60. The summed E-state index contributed by atoms with van der Waals surface area (Å²) in [6.07, 6.45) is 0.977. The average molecular weight is 292 g/mol. The van der Waals surface area contributed by atoms with Crippen molar-refractivity contribution in [3.05, 3.63) is 35.4 Å². The summed E-state index contributed by atoms with van der Waals surface area (Å²) in [5, 5.41) is 12.0. The fraction of sp³-hybridized carbons (Fsp3) is 0.562. The number of methoxy groups -OCH3 is 1. The van der Waals surface area contributed by atoms with Crippen LogP contribution in [-0.2, 0) is 22.7 Å². The molecule has 0 aliphatic carbocycles. The van der Waals surface area contributed by atoms with Gasteiger partial charge in [-0.15, -0.1) is 0 Å². The summed E-state index contributed by atoms with van der Waals surface area (Å²) in [6, 6.07) is 8.03. The predicted octanol–water partition coefficient (Wildman–Crippen LogP) is 0.763. The van der Waals surface area contributed by atoms with Gasteiger partial charge in [0.2, 0.25) is 5.91 Å². The molecule has 1 saturated heterocycles. The van der Waals surface area contributed by atoms with Crippen LogP contribution in [0.1, 0.15) is 17.5 Å². The predicted molar refractivity (Wildman–Crippen MR) is 80.6 cm³/mol. The van der Waals surface area contributed by atoms with E-state index in [2.05, 4.69) is 10.2 Å². The van der Waals surface area contributed by atoms with Gasteiger partial charge in [-0.1, -0.05) is 24.3 Å². The van der Waals surface area contributed by atoms with E-state index in [1.165, 1.54) is 0 Å². The van der Waals surface area contributed by atoms with E-state index < -0.39 is 0 Å². The highest BCUT2D eigenvalue weighted by Crippen LogP contribution is 2.14. The fourth-order valence-electron chi connectivity index (χ4n) is 2.59. The molecule has 0 spiro atoms. The van der Waals surface area contributed by atoms with E-state index in [-0.39, 0.29) is 12.5 Å². The second-order valence-electron chi connectivity index (χ2n) is 5.60. The number of ether oxygens (including phenoxy) is 1. The first kappa shape index (κ1) is 15.9. The van der Waals surface area contributed by atoms with Gasteiger partial charge in [0.1, 0.15) is 0 Å². The highest BCUT2D eigenvalue weighted by molar-refractivity contribution is 5.78. The maximum atomic E-state index is 11.9. The quantitative estimate of drug-likeness (QED) is 0.779. The zero-order valence-electron chi connectivity index (χ0n) is 12.5. The number of nitrogens with one attached hydrogen (secondary N) is 1. The van der Waals surface area contributed by atoms with Crippen LogP contribution in [0.5, 0.6) is 0 Å². The normalized spacial score (nSPS) is 18.9. The van der Waals surface area contributed by atoms with Gasteiger partial charge >= 0.3 is 0 Å². The SMILES string of the molecule is COCc1ccc(CNC(=O)CN2CC[C@H](CO)C2)cc1. The number of likely N-dealkylation sites (tertiary alicyclic amines) is 1. The lowest BCUT2D eigenvalue weighted by molar-refractivity contribution is -0.122. The van der Waals surface area contributed by atoms with E-state index in [0.29, 0.717) is 25.6 Å². The third kappa shape index (κ3) is 5.12. The van der Waals surface area contributed by atoms with Crippen molar-refractivity contribution in [2.45, 2.75) is 19.6 Å². The molecule has 0 aromatic heterocycles. The van der Waals surface area contributed by atoms with Crippen LogP contribution in [-0.4, -0.2) is 49.3 Å². The molecule has 0 bridgehead atoms. The molecule has 116 valence electrons. The number of aliphatic hydroxyl groups is 1. The molecule has 1 aromatic rings. The van der Waals surface area contributed by atoms with Crippen molar-refractivity contribution in [1.82, 2.24) is 10.2 Å². The number of nitrogens with zero attached hydrogens (tertiary/aromatic N) is 1. The van der Waals surface area contributed by atoms with Crippen LogP contribution >= 0.6 is 0 Å². The summed E-state index contributed by atoms with van der Waals surface area (Å²) in [5.74, 6) is 0.362. The largest absolute Gasteiger partial charge is 0.396 e. The van der Waals surface area contributed by atoms with Gasteiger partial charge < -0.3 is 15.2 Å². The van der Waals surface area contributed by atoms with Gasteiger partial charge in [-0.3, -0.25) is 9.69 Å². The van der Waals surface area contributed by atoms with Crippen molar-refractivity contribution >= 4 is 5.91 Å². The average Bonchev–Trinajstić information content (AvgIpc) is 2.94. The standard InChI is InChI=1S/C16H24N2O3/c1-21-12-14-4-2-13(3-5-14)8-17-16(20)10-18-7-6-15(9-18)11-19/h2-5,15,19H,6-12H2,1H3,(H,17,20)/t15-/m0/s1. The first-order valence-corrected chi connectivity index (χ1v) is 7.38. The van der Waals surface area contributed by atoms with Gasteiger partial charge in [-0.25, -0.2) is 0 Å². The van der Waals surface area contributed by atoms with E-state index in [9.17, 15) is 4.79 Å². The molecule has 0 unspecified atom stereocenters. The van der Waals surface area contributed by atoms with E-state index in [1.807, 2.05) is 24.3 Å². The number of aliphatic hydroxyl groups excluding tert-OH is 1. The number of carbonyl (C=O) groups is 1. The summed E-state index contributed by atoms with van der Waals surface area (Å²) in [6.45, 7) is 3.49. The highest BCUT2D eigenvalue weighted by Gasteiger charge is 2.22. The van der Waals surface area contributed by atoms with Gasteiger partial charge in [0.05, 0.1) is 13.2 Å². The Morgan fingerprint density at radius 2 is 2.10 bits per heavy atom. The molecule has 0 radical (unpaired) electrons. The number of hydrogen-bond acceptors (Lipinski definition) is 4. The van der Waals surface area contributed by atoms with Crippen molar-refractivity contribution < 1.29 is 14.6 Å². The van der Waals surface area contributed by atoms with Crippen LogP contribution in [0.3, 0.4) is 0 Å². The third-order valence-corrected chi connectivity index (χ3v) is 3.82. The molecule has 1 amide bonds. The minimum Gasteiger partial charge on any atom is -0.396 e. The Morgan fingerprint density at radius 1 is 1.38 bits per heavy atom. The molecule has 2 N–H and O–H groups in total. The minimum absolute atomic E-state index is 0.0366. The van der Waals surface area contributed by atoms with Gasteiger partial charge in [0.15, 0.2) is 0 Å². The molecule has 1 aliphatic heterocycles. The summed E-state index contributed by atoms with van der Waals surface area (Å²) in [5.41, 5.74) is 2.21. The Hall–Kier alpha value is -1.43. The lowest BCUT2D eigenvalue weighted by atomic mass is 10.1. The molecule has 1 aromatic carbocycles. The van der Waals surface area contributed by atoms with E-state index in [1.54, 1.807) is 7.11 Å². The Kier molecular flexibility index (Phi) is 6.17. The van der Waals surface area contributed by atoms with Gasteiger partial charge in [-0.2, -0.15) is 0 Å². The van der Waals surface area contributed by atoms with E-state index in [0.717, 1.165) is 30.6 Å². The van der Waals surface area contributed by atoms with Crippen molar-refractivity contribution in [3.63, 3.8) is 0 Å². The molecule has 0 saturated carbocycles. The molecule has 5 heteroatoms. The van der Waals surface area contributed by atoms with Crippen molar-refractivity contribution in [3.8, 4) is 0 Å². The smallest absolute Gasteiger partial charge is 0.234 e. The number of rotatable bonds is 7. The Balaban J connectivity index is 1.71. The molecule has 1 heterocycles. The first-order valence-electron chi connectivity index (χ1n) is 7.38. The van der Waals surface area contributed by atoms with Crippen molar-refractivity contribution in [2.24, 2.45) is 5.92 Å². The molecular weight excluding hydrogens is 268 g/mol. The van der Waals surface area contributed by atoms with Crippen LogP contribution in [0.4, 0.5) is 0 Å². The monoisotopic (exact) mass is 292 g/mol. The first-order chi connectivity index (χ1) is 10.2. The second kappa shape index (κ2) is 8.12. The van der Waals surface area contributed by atoms with Crippen LogP contribution in [0.2, 0.25) is 0 Å². The highest BCUT2D eigenvalue weighted by atomic mass is 16.5. The molecule has 1 aliphatic rings. The van der Waals surface area contributed by atoms with Crippen LogP contribution in [0, 0.1) is 5.92 Å². The van der Waals surface area contributed by atoms with Crippen LogP contribution in [0.15, 0.2) is 24.3 Å². The topological polar surface area (TPSA) is 61.8 Å². The lowest BCUT2D eigenvalue weighted by Crippen LogP contribution is -2.35. The Labute approximate surface area is 125 Å². The van der Waals surface area contributed by atoms with Crippen molar-refractivity contribution in [2.75, 3.05) is 33.4 Å². The van der Waals surface area contributed by atoms with Crippen LogP contribution in [0.25, 0.3) is 0 Å². The molecule has 5 nitrogen and oxygen atoms in total. The summed E-state index contributed by atoms with van der Waals surface area (Å²) in [7, 11) is 1.67. The van der Waals surface area contributed by atoms with Gasteiger partial charge in [-0.05, 0) is 30.0 Å². The molecule has 21 heavy (non-hydrogen) atoms. The minimum atomic E-state index is 0.0366. The Bertz CT molecular complexity index is 447. The summed E-state index contributed by atoms with van der Waals surface area (Å²) in [4.78, 5) is 14.0.